The van der Waals surface area contributed by atoms with Crippen molar-refractivity contribution >= 4 is 11.9 Å². The molecule has 0 aromatic carbocycles. The van der Waals surface area contributed by atoms with Crippen molar-refractivity contribution in [2.24, 2.45) is 0 Å². The largest absolute Gasteiger partial charge is 0.481 e. The Labute approximate surface area is 70.1 Å². The number of aliphatic carboxylic acids is 1. The van der Waals surface area contributed by atoms with Gasteiger partial charge in [0.15, 0.2) is 0 Å². The van der Waals surface area contributed by atoms with Crippen LogP contribution in [-0.4, -0.2) is 35.6 Å². The molecule has 1 heterocycles. The zero-order valence-corrected chi connectivity index (χ0v) is 6.89. The van der Waals surface area contributed by atoms with E-state index in [9.17, 15) is 9.59 Å². The van der Waals surface area contributed by atoms with Crippen LogP contribution in [0.4, 0.5) is 0 Å². The summed E-state index contributed by atoms with van der Waals surface area (Å²) in [4.78, 5) is 21.6. The Morgan fingerprint density at radius 2 is 2.33 bits per heavy atom. The lowest BCUT2D eigenvalue weighted by atomic mass is 9.95. The number of amides is 1. The van der Waals surface area contributed by atoms with Crippen LogP contribution in [0.5, 0.6) is 0 Å². The van der Waals surface area contributed by atoms with Gasteiger partial charge in [0.25, 0.3) is 0 Å². The maximum absolute atomic E-state index is 11.2. The van der Waals surface area contributed by atoms with Crippen LogP contribution < -0.4 is 10.6 Å². The second-order valence-electron chi connectivity index (χ2n) is 3.09. The molecule has 1 aliphatic rings. The first kappa shape index (κ1) is 8.99. The van der Waals surface area contributed by atoms with Gasteiger partial charge in [-0.3, -0.25) is 9.59 Å². The van der Waals surface area contributed by atoms with Gasteiger partial charge in [-0.1, -0.05) is 0 Å². The number of hydrogen-bond acceptors (Lipinski definition) is 3. The smallest absolute Gasteiger partial charge is 0.305 e. The normalized spacial score (nSPS) is 29.6. The van der Waals surface area contributed by atoms with Gasteiger partial charge >= 0.3 is 5.97 Å². The Morgan fingerprint density at radius 1 is 1.67 bits per heavy atom. The molecule has 1 aliphatic heterocycles. The molecule has 1 saturated heterocycles. The summed E-state index contributed by atoms with van der Waals surface area (Å²) < 4.78 is 0. The molecule has 12 heavy (non-hydrogen) atoms. The Balaban J connectivity index is 2.66. The summed E-state index contributed by atoms with van der Waals surface area (Å²) in [5.41, 5.74) is -0.940. The summed E-state index contributed by atoms with van der Waals surface area (Å²) in [5.74, 6) is -1.21. The summed E-state index contributed by atoms with van der Waals surface area (Å²) in [6, 6.07) is 0. The average Bonchev–Trinajstić information content (AvgIpc) is 1.94. The molecule has 5 heteroatoms. The molecule has 1 amide bonds. The third-order valence-corrected chi connectivity index (χ3v) is 1.93. The van der Waals surface area contributed by atoms with Crippen molar-refractivity contribution in [3.63, 3.8) is 0 Å². The van der Waals surface area contributed by atoms with Gasteiger partial charge in [0.1, 0.15) is 5.54 Å². The van der Waals surface area contributed by atoms with Crippen molar-refractivity contribution in [1.29, 1.82) is 0 Å². The fraction of sp³-hybridized carbons (Fsp3) is 0.714. The number of nitrogens with one attached hydrogen (secondary N) is 2. The van der Waals surface area contributed by atoms with Crippen molar-refractivity contribution in [2.75, 3.05) is 13.1 Å². The Morgan fingerprint density at radius 3 is 2.83 bits per heavy atom. The predicted octanol–water partition coefficient (Wildman–Crippen LogP) is -1.06. The van der Waals surface area contributed by atoms with Crippen LogP contribution in [0.15, 0.2) is 0 Å². The molecule has 1 rings (SSSR count). The number of piperazine rings is 1. The minimum atomic E-state index is -0.970. The van der Waals surface area contributed by atoms with E-state index in [1.165, 1.54) is 0 Å². The van der Waals surface area contributed by atoms with Gasteiger partial charge in [0.2, 0.25) is 5.91 Å². The van der Waals surface area contributed by atoms with Crippen molar-refractivity contribution < 1.29 is 14.7 Å². The molecule has 0 spiro atoms. The lowest BCUT2D eigenvalue weighted by Gasteiger charge is -2.32. The van der Waals surface area contributed by atoms with Crippen LogP contribution in [0, 0.1) is 0 Å². The molecular formula is C7H12N2O3. The Bertz CT molecular complexity index is 217. The number of carbonyl (C=O) groups excluding carboxylic acids is 1. The van der Waals surface area contributed by atoms with Gasteiger partial charge in [-0.05, 0) is 6.92 Å². The van der Waals surface area contributed by atoms with Gasteiger partial charge in [0, 0.05) is 13.1 Å². The van der Waals surface area contributed by atoms with E-state index in [4.69, 9.17) is 5.11 Å². The first-order valence-electron chi connectivity index (χ1n) is 3.80. The highest BCUT2D eigenvalue weighted by Crippen LogP contribution is 2.11. The van der Waals surface area contributed by atoms with Gasteiger partial charge in [-0.2, -0.15) is 0 Å². The van der Waals surface area contributed by atoms with E-state index in [-0.39, 0.29) is 12.3 Å². The second-order valence-corrected chi connectivity index (χ2v) is 3.09. The molecule has 0 saturated carbocycles. The molecule has 0 bridgehead atoms. The standard InChI is InChI=1S/C7H12N2O3/c1-7(4-5(10)11)6(12)8-2-3-9-7/h9H,2-4H2,1H3,(H,8,12)(H,10,11). The number of carbonyl (C=O) groups is 2. The molecular weight excluding hydrogens is 160 g/mol. The molecule has 0 radical (unpaired) electrons. The summed E-state index contributed by atoms with van der Waals surface area (Å²) in [7, 11) is 0. The minimum absolute atomic E-state index is 0.182. The second kappa shape index (κ2) is 3.10. The number of rotatable bonds is 2. The summed E-state index contributed by atoms with van der Waals surface area (Å²) >= 11 is 0. The maximum atomic E-state index is 11.2. The molecule has 5 nitrogen and oxygen atoms in total. The Kier molecular flexibility index (Phi) is 2.32. The third-order valence-electron chi connectivity index (χ3n) is 1.93. The fourth-order valence-electron chi connectivity index (χ4n) is 1.24. The number of hydrogen-bond donors (Lipinski definition) is 3. The van der Waals surface area contributed by atoms with Crippen molar-refractivity contribution in [3.8, 4) is 0 Å². The van der Waals surface area contributed by atoms with Crippen LogP contribution in [0.2, 0.25) is 0 Å². The van der Waals surface area contributed by atoms with Gasteiger partial charge in [0.05, 0.1) is 6.42 Å². The zero-order chi connectivity index (χ0) is 9.19. The van der Waals surface area contributed by atoms with E-state index in [1.807, 2.05) is 0 Å². The average molecular weight is 172 g/mol. The van der Waals surface area contributed by atoms with E-state index < -0.39 is 11.5 Å². The topological polar surface area (TPSA) is 78.4 Å². The van der Waals surface area contributed by atoms with E-state index in [1.54, 1.807) is 6.92 Å². The molecule has 1 fully saturated rings. The van der Waals surface area contributed by atoms with Crippen molar-refractivity contribution in [2.45, 2.75) is 18.9 Å². The van der Waals surface area contributed by atoms with E-state index in [2.05, 4.69) is 10.6 Å². The molecule has 1 unspecified atom stereocenters. The van der Waals surface area contributed by atoms with Crippen molar-refractivity contribution in [1.82, 2.24) is 10.6 Å². The first-order valence-corrected chi connectivity index (χ1v) is 3.80. The summed E-state index contributed by atoms with van der Waals surface area (Å²) in [5, 5.41) is 14.0. The van der Waals surface area contributed by atoms with E-state index in [0.717, 1.165) is 0 Å². The maximum Gasteiger partial charge on any atom is 0.305 e. The highest BCUT2D eigenvalue weighted by molar-refractivity contribution is 5.90. The predicted molar refractivity (Wildman–Crippen MR) is 41.7 cm³/mol. The molecule has 3 N–H and O–H groups in total. The van der Waals surface area contributed by atoms with Crippen LogP contribution in [0.1, 0.15) is 13.3 Å². The third kappa shape index (κ3) is 1.73. The number of carboxylic acid groups (broad SMARTS) is 1. The van der Waals surface area contributed by atoms with Gasteiger partial charge in [-0.25, -0.2) is 0 Å². The van der Waals surface area contributed by atoms with Crippen LogP contribution in [0.3, 0.4) is 0 Å². The molecule has 0 aromatic rings. The highest BCUT2D eigenvalue weighted by Gasteiger charge is 2.37. The van der Waals surface area contributed by atoms with Crippen LogP contribution in [-0.2, 0) is 9.59 Å². The lowest BCUT2D eigenvalue weighted by molar-refractivity contribution is -0.143. The molecule has 1 atom stereocenters. The molecule has 0 aliphatic carbocycles. The van der Waals surface area contributed by atoms with E-state index >= 15 is 0 Å². The SMILES string of the molecule is CC1(CC(=O)O)NCCNC1=O. The molecule has 68 valence electrons. The minimum Gasteiger partial charge on any atom is -0.481 e. The fourth-order valence-corrected chi connectivity index (χ4v) is 1.24. The summed E-state index contributed by atoms with van der Waals surface area (Å²) in [6.07, 6.45) is -0.182. The van der Waals surface area contributed by atoms with Gasteiger partial charge in [-0.15, -0.1) is 0 Å². The summed E-state index contributed by atoms with van der Waals surface area (Å²) in [6.45, 7) is 2.78. The first-order chi connectivity index (χ1) is 5.54. The van der Waals surface area contributed by atoms with Crippen LogP contribution >= 0.6 is 0 Å². The molecule has 0 aromatic heterocycles. The van der Waals surface area contributed by atoms with Crippen LogP contribution in [0.25, 0.3) is 0 Å². The highest BCUT2D eigenvalue weighted by atomic mass is 16.4. The van der Waals surface area contributed by atoms with E-state index in [0.29, 0.717) is 13.1 Å². The van der Waals surface area contributed by atoms with Gasteiger partial charge < -0.3 is 15.7 Å². The lowest BCUT2D eigenvalue weighted by Crippen LogP contribution is -2.62. The van der Waals surface area contributed by atoms with Crippen molar-refractivity contribution in [3.05, 3.63) is 0 Å². The number of carboxylic acids is 1. The quantitative estimate of drug-likeness (QED) is 0.496. The zero-order valence-electron chi connectivity index (χ0n) is 6.89. The Hall–Kier alpha value is -1.10. The monoisotopic (exact) mass is 172 g/mol.